The maximum atomic E-state index is 12.6. The molecule has 0 aromatic heterocycles. The first-order valence-corrected chi connectivity index (χ1v) is 8.83. The second-order valence-electron chi connectivity index (χ2n) is 5.34. The predicted octanol–water partition coefficient (Wildman–Crippen LogP) is 3.39. The van der Waals surface area contributed by atoms with Gasteiger partial charge in [0.25, 0.3) is 0 Å². The minimum atomic E-state index is -4.99. The van der Waals surface area contributed by atoms with Crippen LogP contribution in [-0.2, 0) is 10.0 Å². The molecule has 1 aliphatic rings. The molecule has 1 aliphatic heterocycles. The van der Waals surface area contributed by atoms with Gasteiger partial charge in [-0.25, -0.2) is 13.1 Å². The monoisotopic (exact) mass is 373 g/mol. The number of hydrogen-bond acceptors (Lipinski definition) is 4. The van der Waals surface area contributed by atoms with Crippen LogP contribution in [-0.4, -0.2) is 21.4 Å². The van der Waals surface area contributed by atoms with Gasteiger partial charge >= 0.3 is 6.36 Å². The van der Waals surface area contributed by atoms with Crippen LogP contribution in [0.1, 0.15) is 18.0 Å². The molecule has 1 unspecified atom stereocenters. The molecule has 25 heavy (non-hydrogen) atoms. The Kier molecular flexibility index (Phi) is 4.61. The van der Waals surface area contributed by atoms with Crippen molar-refractivity contribution in [2.24, 2.45) is 0 Å². The highest BCUT2D eigenvalue weighted by atomic mass is 32.2. The number of halogens is 3. The van der Waals surface area contributed by atoms with E-state index in [1.807, 2.05) is 0 Å². The molecule has 5 nitrogen and oxygen atoms in total. The Bertz CT molecular complexity index is 868. The topological polar surface area (TPSA) is 64.6 Å². The Morgan fingerprint density at radius 2 is 1.76 bits per heavy atom. The molecule has 0 spiro atoms. The number of alkyl halides is 3. The van der Waals surface area contributed by atoms with E-state index in [1.165, 1.54) is 12.1 Å². The van der Waals surface area contributed by atoms with E-state index in [0.717, 1.165) is 12.1 Å². The van der Waals surface area contributed by atoms with Crippen LogP contribution in [0.2, 0.25) is 0 Å². The molecule has 0 saturated heterocycles. The second kappa shape index (κ2) is 6.57. The largest absolute Gasteiger partial charge is 0.573 e. The van der Waals surface area contributed by atoms with Crippen LogP contribution in [0.25, 0.3) is 0 Å². The van der Waals surface area contributed by atoms with E-state index in [-0.39, 0.29) is 0 Å². The molecule has 3 rings (SSSR count). The van der Waals surface area contributed by atoms with Gasteiger partial charge in [-0.3, -0.25) is 0 Å². The summed E-state index contributed by atoms with van der Waals surface area (Å²) in [6.07, 6.45) is -4.63. The number of sulfonamides is 1. The average molecular weight is 373 g/mol. The highest BCUT2D eigenvalue weighted by Crippen LogP contribution is 2.34. The van der Waals surface area contributed by atoms with Crippen LogP contribution in [0, 0.1) is 0 Å². The Morgan fingerprint density at radius 3 is 2.52 bits per heavy atom. The Morgan fingerprint density at radius 1 is 1.08 bits per heavy atom. The van der Waals surface area contributed by atoms with Crippen molar-refractivity contribution in [3.63, 3.8) is 0 Å². The van der Waals surface area contributed by atoms with Crippen LogP contribution >= 0.6 is 0 Å². The van der Waals surface area contributed by atoms with Gasteiger partial charge in [0.15, 0.2) is 0 Å². The molecule has 0 amide bonds. The molecule has 1 atom stereocenters. The van der Waals surface area contributed by atoms with Gasteiger partial charge in [-0.1, -0.05) is 30.3 Å². The summed E-state index contributed by atoms with van der Waals surface area (Å²) in [6.45, 7) is 0.297. The number of hydrogen-bond donors (Lipinski definition) is 1. The lowest BCUT2D eigenvalue weighted by atomic mass is 10.0. The van der Waals surface area contributed by atoms with Crippen molar-refractivity contribution in [1.29, 1.82) is 0 Å². The summed E-state index contributed by atoms with van der Waals surface area (Å²) in [6, 6.07) is 10.9. The van der Waals surface area contributed by atoms with E-state index in [0.29, 0.717) is 24.3 Å². The fraction of sp³-hybridized carbons (Fsp3) is 0.250. The number of ether oxygens (including phenoxy) is 2. The van der Waals surface area contributed by atoms with E-state index in [1.54, 1.807) is 24.3 Å². The van der Waals surface area contributed by atoms with E-state index in [4.69, 9.17) is 4.74 Å². The van der Waals surface area contributed by atoms with Crippen molar-refractivity contribution in [3.8, 4) is 11.5 Å². The van der Waals surface area contributed by atoms with Crippen molar-refractivity contribution in [1.82, 2.24) is 4.72 Å². The SMILES string of the molecule is O=S(=O)(NC1CCOc2ccccc21)c1ccccc1OC(F)(F)F. The summed E-state index contributed by atoms with van der Waals surface area (Å²) >= 11 is 0. The number of rotatable bonds is 4. The second-order valence-corrected chi connectivity index (χ2v) is 7.03. The molecule has 134 valence electrons. The number of para-hydroxylation sites is 2. The highest BCUT2D eigenvalue weighted by molar-refractivity contribution is 7.89. The lowest BCUT2D eigenvalue weighted by molar-refractivity contribution is -0.275. The minimum absolute atomic E-state index is 0.297. The maximum absolute atomic E-state index is 12.6. The zero-order valence-electron chi connectivity index (χ0n) is 12.8. The molecule has 1 N–H and O–H groups in total. The van der Waals surface area contributed by atoms with Crippen LogP contribution in [0.5, 0.6) is 11.5 Å². The molecule has 1 heterocycles. The summed E-state index contributed by atoms with van der Waals surface area (Å²) < 4.78 is 74.5. The lowest BCUT2D eigenvalue weighted by Gasteiger charge is -2.26. The third kappa shape index (κ3) is 4.05. The van der Waals surface area contributed by atoms with Gasteiger partial charge in [-0.2, -0.15) is 0 Å². The van der Waals surface area contributed by atoms with E-state index in [9.17, 15) is 21.6 Å². The quantitative estimate of drug-likeness (QED) is 0.892. The van der Waals surface area contributed by atoms with Crippen molar-refractivity contribution in [2.45, 2.75) is 23.7 Å². The number of benzene rings is 2. The number of fused-ring (bicyclic) bond motifs is 1. The van der Waals surface area contributed by atoms with Gasteiger partial charge in [-0.05, 0) is 18.2 Å². The lowest BCUT2D eigenvalue weighted by Crippen LogP contribution is -2.32. The van der Waals surface area contributed by atoms with Gasteiger partial charge in [0.2, 0.25) is 10.0 Å². The maximum Gasteiger partial charge on any atom is 0.573 e. The van der Waals surface area contributed by atoms with E-state index in [2.05, 4.69) is 9.46 Å². The molecule has 2 aromatic carbocycles. The Balaban J connectivity index is 1.92. The molecule has 0 aliphatic carbocycles. The van der Waals surface area contributed by atoms with E-state index < -0.39 is 33.1 Å². The minimum Gasteiger partial charge on any atom is -0.493 e. The van der Waals surface area contributed by atoms with Gasteiger partial charge in [0.05, 0.1) is 12.6 Å². The van der Waals surface area contributed by atoms with Gasteiger partial charge in [0.1, 0.15) is 16.4 Å². The third-order valence-electron chi connectivity index (χ3n) is 3.62. The van der Waals surface area contributed by atoms with Gasteiger partial charge in [0, 0.05) is 12.0 Å². The average Bonchev–Trinajstić information content (AvgIpc) is 2.54. The van der Waals surface area contributed by atoms with Gasteiger partial charge < -0.3 is 9.47 Å². The molecular formula is C16H14F3NO4S. The fourth-order valence-electron chi connectivity index (χ4n) is 2.60. The molecule has 2 aromatic rings. The molecule has 0 fully saturated rings. The summed E-state index contributed by atoms with van der Waals surface area (Å²) in [5, 5.41) is 0. The molecule has 9 heteroatoms. The first-order valence-electron chi connectivity index (χ1n) is 7.35. The number of nitrogens with one attached hydrogen (secondary N) is 1. The highest BCUT2D eigenvalue weighted by Gasteiger charge is 2.35. The molecule has 0 radical (unpaired) electrons. The van der Waals surface area contributed by atoms with Crippen molar-refractivity contribution >= 4 is 10.0 Å². The molecule has 0 saturated carbocycles. The van der Waals surface area contributed by atoms with Crippen LogP contribution in [0.15, 0.2) is 53.4 Å². The fourth-order valence-corrected chi connectivity index (χ4v) is 3.98. The summed E-state index contributed by atoms with van der Waals surface area (Å²) in [5.74, 6) is -0.232. The normalized spacial score (nSPS) is 17.5. The molecule has 0 bridgehead atoms. The van der Waals surface area contributed by atoms with Crippen LogP contribution in [0.4, 0.5) is 13.2 Å². The summed E-state index contributed by atoms with van der Waals surface area (Å²) in [5.41, 5.74) is 0.631. The van der Waals surface area contributed by atoms with Crippen molar-refractivity contribution in [3.05, 3.63) is 54.1 Å². The van der Waals surface area contributed by atoms with Crippen molar-refractivity contribution in [2.75, 3.05) is 6.61 Å². The first-order chi connectivity index (χ1) is 11.8. The first kappa shape index (κ1) is 17.6. The standard InChI is InChI=1S/C16H14F3NO4S/c17-16(18,19)24-14-7-3-4-8-15(14)25(21,22)20-12-9-10-23-13-6-2-1-5-11(12)13/h1-8,12,20H,9-10H2. The van der Waals surface area contributed by atoms with Crippen LogP contribution < -0.4 is 14.2 Å². The zero-order chi connectivity index (χ0) is 18.1. The third-order valence-corrected chi connectivity index (χ3v) is 5.13. The van der Waals surface area contributed by atoms with Gasteiger partial charge in [-0.15, -0.1) is 13.2 Å². The molecular weight excluding hydrogens is 359 g/mol. The van der Waals surface area contributed by atoms with E-state index >= 15 is 0 Å². The Hall–Kier alpha value is -2.26. The predicted molar refractivity (Wildman–Crippen MR) is 82.7 cm³/mol. The Labute approximate surface area is 142 Å². The smallest absolute Gasteiger partial charge is 0.493 e. The van der Waals surface area contributed by atoms with Crippen LogP contribution in [0.3, 0.4) is 0 Å². The summed E-state index contributed by atoms with van der Waals surface area (Å²) in [7, 11) is -4.24. The summed E-state index contributed by atoms with van der Waals surface area (Å²) in [4.78, 5) is -0.573. The zero-order valence-corrected chi connectivity index (χ0v) is 13.6. The van der Waals surface area contributed by atoms with Crippen molar-refractivity contribution < 1.29 is 31.1 Å².